The fourth-order valence-electron chi connectivity index (χ4n) is 2.11. The third kappa shape index (κ3) is 11.5. The number of carbonyl (C=O) groups is 2. The van der Waals surface area contributed by atoms with Crippen LogP contribution in [0.1, 0.15) is 30.9 Å². The molecular formula is C22H29NO6. The number of aliphatic carboxylic acids is 1. The van der Waals surface area contributed by atoms with Crippen molar-refractivity contribution in [2.24, 2.45) is 0 Å². The molecule has 2 aromatic carbocycles. The van der Waals surface area contributed by atoms with E-state index >= 15 is 0 Å². The number of carbonyl (C=O) groups excluding carboxylic acids is 1. The summed E-state index contributed by atoms with van der Waals surface area (Å²) in [7, 11) is 0. The maximum Gasteiger partial charge on any atom is 0.407 e. The molecule has 0 aliphatic heterocycles. The Morgan fingerprint density at radius 3 is 1.90 bits per heavy atom. The van der Waals surface area contributed by atoms with Gasteiger partial charge in [0.1, 0.15) is 0 Å². The lowest BCUT2D eigenvalue weighted by atomic mass is 10.2. The molecule has 0 bridgehead atoms. The van der Waals surface area contributed by atoms with Crippen LogP contribution in [-0.2, 0) is 27.5 Å². The van der Waals surface area contributed by atoms with Gasteiger partial charge in [0.15, 0.2) is 6.04 Å². The average molecular weight is 403 g/mol. The van der Waals surface area contributed by atoms with Crippen molar-refractivity contribution in [3.05, 3.63) is 71.8 Å². The van der Waals surface area contributed by atoms with E-state index in [1.807, 2.05) is 48.6 Å². The van der Waals surface area contributed by atoms with E-state index in [9.17, 15) is 9.59 Å². The molecule has 1 atom stereocenters. The Bertz CT molecular complexity index is 653. The zero-order valence-corrected chi connectivity index (χ0v) is 16.6. The minimum absolute atomic E-state index is 0.250. The second-order valence-electron chi connectivity index (χ2n) is 6.17. The van der Waals surface area contributed by atoms with Gasteiger partial charge in [-0.1, -0.05) is 74.0 Å². The van der Waals surface area contributed by atoms with E-state index in [1.54, 1.807) is 0 Å². The number of hydrogen-bond donors (Lipinski definition) is 3. The summed E-state index contributed by atoms with van der Waals surface area (Å²) in [6, 6.07) is 19.1. The first-order valence-corrected chi connectivity index (χ1v) is 9.49. The molecule has 0 aliphatic rings. The molecule has 2 rings (SSSR count). The van der Waals surface area contributed by atoms with Crippen LogP contribution in [0.3, 0.4) is 0 Å². The second-order valence-corrected chi connectivity index (χ2v) is 6.17. The van der Waals surface area contributed by atoms with Gasteiger partial charge in [0.25, 0.3) is 0 Å². The lowest BCUT2D eigenvalue weighted by Gasteiger charge is -2.11. The summed E-state index contributed by atoms with van der Waals surface area (Å²) in [4.78, 5) is 21.2. The number of benzene rings is 2. The number of nitrogens with one attached hydrogen (secondary N) is 1. The Labute approximate surface area is 171 Å². The fourth-order valence-corrected chi connectivity index (χ4v) is 2.11. The highest BCUT2D eigenvalue weighted by molar-refractivity contribution is 5.79. The zero-order valence-electron chi connectivity index (χ0n) is 16.6. The molecule has 3 N–H and O–H groups in total. The molecule has 0 aromatic heterocycles. The van der Waals surface area contributed by atoms with Crippen molar-refractivity contribution in [1.29, 1.82) is 0 Å². The highest BCUT2D eigenvalue weighted by Crippen LogP contribution is 2.05. The smallest absolute Gasteiger partial charge is 0.407 e. The maximum absolute atomic E-state index is 10.9. The molecule has 0 aliphatic carbocycles. The van der Waals surface area contributed by atoms with Crippen LogP contribution in [0, 0.1) is 0 Å². The van der Waals surface area contributed by atoms with E-state index in [0.717, 1.165) is 12.8 Å². The first-order valence-electron chi connectivity index (χ1n) is 9.49. The molecule has 1 amide bonds. The van der Waals surface area contributed by atoms with Gasteiger partial charge in [-0.2, -0.15) is 0 Å². The van der Waals surface area contributed by atoms with E-state index in [2.05, 4.69) is 29.0 Å². The SMILES string of the molecule is CCCCOC(=O)NC(CO)C(=O)O.c1ccc(COCc2ccccc2)cc1. The molecule has 0 spiro atoms. The minimum atomic E-state index is -1.30. The zero-order chi connectivity index (χ0) is 21.3. The molecule has 29 heavy (non-hydrogen) atoms. The van der Waals surface area contributed by atoms with E-state index in [0.29, 0.717) is 13.2 Å². The molecule has 0 heterocycles. The molecule has 1 unspecified atom stereocenters. The van der Waals surface area contributed by atoms with Crippen LogP contribution >= 0.6 is 0 Å². The molecule has 7 heteroatoms. The van der Waals surface area contributed by atoms with Crippen LogP contribution < -0.4 is 5.32 Å². The Kier molecular flexibility index (Phi) is 12.5. The van der Waals surface area contributed by atoms with Crippen molar-refractivity contribution in [3.63, 3.8) is 0 Å². The molecule has 7 nitrogen and oxygen atoms in total. The summed E-state index contributed by atoms with van der Waals surface area (Å²) in [5.41, 5.74) is 2.43. The van der Waals surface area contributed by atoms with Crippen molar-refractivity contribution in [3.8, 4) is 0 Å². The number of rotatable bonds is 10. The number of alkyl carbamates (subject to hydrolysis) is 1. The lowest BCUT2D eigenvalue weighted by molar-refractivity contribution is -0.140. The quantitative estimate of drug-likeness (QED) is 0.526. The van der Waals surface area contributed by atoms with Gasteiger partial charge in [-0.15, -0.1) is 0 Å². The van der Waals surface area contributed by atoms with Gasteiger partial charge >= 0.3 is 12.1 Å². The van der Waals surface area contributed by atoms with E-state index in [4.69, 9.17) is 14.9 Å². The van der Waals surface area contributed by atoms with Crippen molar-refractivity contribution >= 4 is 12.1 Å². The van der Waals surface area contributed by atoms with Crippen LogP contribution in [0.25, 0.3) is 0 Å². The van der Waals surface area contributed by atoms with Crippen molar-refractivity contribution in [2.75, 3.05) is 13.2 Å². The monoisotopic (exact) mass is 403 g/mol. The fraction of sp³-hybridized carbons (Fsp3) is 0.364. The van der Waals surface area contributed by atoms with Crippen molar-refractivity contribution in [1.82, 2.24) is 5.32 Å². The largest absolute Gasteiger partial charge is 0.480 e. The molecule has 0 saturated heterocycles. The normalized spacial score (nSPS) is 11.0. The van der Waals surface area contributed by atoms with Gasteiger partial charge in [0.2, 0.25) is 0 Å². The second kappa shape index (κ2) is 15.1. The third-order valence-corrected chi connectivity index (χ3v) is 3.73. The van der Waals surface area contributed by atoms with Gasteiger partial charge < -0.3 is 25.0 Å². The Morgan fingerprint density at radius 2 is 1.48 bits per heavy atom. The molecule has 0 fully saturated rings. The van der Waals surface area contributed by atoms with Crippen LogP contribution in [0.4, 0.5) is 4.79 Å². The van der Waals surface area contributed by atoms with Crippen molar-refractivity contribution < 1.29 is 29.3 Å². The number of aliphatic hydroxyl groups is 1. The standard InChI is InChI=1S/C14H14O.C8H15NO5/c1-3-7-13(8-4-1)11-15-12-14-9-5-2-6-10-14;1-2-3-4-14-8(13)9-6(5-10)7(11)12/h1-10H,11-12H2;6,10H,2-5H2,1H3,(H,9,13)(H,11,12). The van der Waals surface area contributed by atoms with E-state index < -0.39 is 24.7 Å². The first-order chi connectivity index (χ1) is 14.1. The van der Waals surface area contributed by atoms with Crippen LogP contribution in [0.15, 0.2) is 60.7 Å². The minimum Gasteiger partial charge on any atom is -0.480 e. The number of carboxylic acids is 1. The number of aliphatic hydroxyl groups excluding tert-OH is 1. The first kappa shape index (κ1) is 24.1. The third-order valence-electron chi connectivity index (χ3n) is 3.73. The van der Waals surface area contributed by atoms with Gasteiger partial charge in [-0.05, 0) is 17.5 Å². The van der Waals surface area contributed by atoms with Crippen LogP contribution in [-0.4, -0.2) is 41.5 Å². The Balaban J connectivity index is 0.000000291. The van der Waals surface area contributed by atoms with Crippen LogP contribution in [0.2, 0.25) is 0 Å². The highest BCUT2D eigenvalue weighted by Gasteiger charge is 2.18. The van der Waals surface area contributed by atoms with Gasteiger partial charge in [-0.25, -0.2) is 9.59 Å². The highest BCUT2D eigenvalue weighted by atomic mass is 16.5. The predicted octanol–water partition coefficient (Wildman–Crippen LogP) is 3.36. The number of unbranched alkanes of at least 4 members (excludes halogenated alkanes) is 1. The number of carboxylic acid groups (broad SMARTS) is 1. The maximum atomic E-state index is 10.9. The van der Waals surface area contributed by atoms with E-state index in [-0.39, 0.29) is 6.61 Å². The lowest BCUT2D eigenvalue weighted by Crippen LogP contribution is -2.43. The summed E-state index contributed by atoms with van der Waals surface area (Å²) < 4.78 is 10.2. The summed E-state index contributed by atoms with van der Waals surface area (Å²) in [5, 5.41) is 19.0. The summed E-state index contributed by atoms with van der Waals surface area (Å²) >= 11 is 0. The molecular weight excluding hydrogens is 374 g/mol. The molecule has 0 saturated carbocycles. The predicted molar refractivity (Wildman–Crippen MR) is 109 cm³/mol. The Morgan fingerprint density at radius 1 is 0.966 bits per heavy atom. The Hall–Kier alpha value is -2.90. The van der Waals surface area contributed by atoms with Gasteiger partial charge in [-0.3, -0.25) is 0 Å². The number of amides is 1. The van der Waals surface area contributed by atoms with E-state index in [1.165, 1.54) is 11.1 Å². The van der Waals surface area contributed by atoms with Gasteiger partial charge in [0, 0.05) is 0 Å². The molecule has 0 radical (unpaired) electrons. The topological polar surface area (TPSA) is 105 Å². The number of ether oxygens (including phenoxy) is 2. The summed E-state index contributed by atoms with van der Waals surface area (Å²) in [6.07, 6.45) is 0.791. The number of hydrogen-bond acceptors (Lipinski definition) is 5. The van der Waals surface area contributed by atoms with Gasteiger partial charge in [0.05, 0.1) is 26.4 Å². The average Bonchev–Trinajstić information content (AvgIpc) is 2.74. The van der Waals surface area contributed by atoms with Crippen LogP contribution in [0.5, 0.6) is 0 Å². The molecule has 158 valence electrons. The summed E-state index contributed by atoms with van der Waals surface area (Å²) in [5.74, 6) is -1.29. The van der Waals surface area contributed by atoms with Crippen molar-refractivity contribution in [2.45, 2.75) is 39.0 Å². The summed E-state index contributed by atoms with van der Waals surface area (Å²) in [6.45, 7) is 2.89. The molecule has 2 aromatic rings.